The zero-order valence-electron chi connectivity index (χ0n) is 12.0. The number of nitrogens with one attached hydrogen (secondary N) is 1. The molecule has 0 atom stereocenters. The van der Waals surface area contributed by atoms with Crippen molar-refractivity contribution in [2.45, 2.75) is 13.8 Å². The zero-order valence-corrected chi connectivity index (χ0v) is 12.0. The van der Waals surface area contributed by atoms with Crippen LogP contribution < -0.4 is 14.8 Å². The minimum Gasteiger partial charge on any atom is -0.486 e. The lowest BCUT2D eigenvalue weighted by Gasteiger charge is -2.18. The Hall–Kier alpha value is -2.50. The van der Waals surface area contributed by atoms with Crippen LogP contribution in [0.3, 0.4) is 0 Å². The average molecular weight is 291 g/mol. The maximum absolute atomic E-state index is 11.7. The van der Waals surface area contributed by atoms with Crippen molar-refractivity contribution in [2.75, 3.05) is 25.1 Å². The Labute approximate surface area is 122 Å². The van der Waals surface area contributed by atoms with Crippen LogP contribution in [-0.2, 0) is 14.3 Å². The first kappa shape index (κ1) is 14.9. The van der Waals surface area contributed by atoms with E-state index in [2.05, 4.69) is 5.32 Å². The molecular formula is C15H17NO5. The predicted octanol–water partition coefficient (Wildman–Crippen LogP) is 1.91. The summed E-state index contributed by atoms with van der Waals surface area (Å²) in [6.45, 7) is 4.20. The number of benzene rings is 1. The zero-order chi connectivity index (χ0) is 15.2. The number of fused-ring (bicyclic) bond motifs is 1. The van der Waals surface area contributed by atoms with E-state index in [4.69, 9.17) is 14.2 Å². The van der Waals surface area contributed by atoms with Crippen LogP contribution in [0.15, 0.2) is 29.8 Å². The Morgan fingerprint density at radius 2 is 1.95 bits per heavy atom. The molecule has 0 aliphatic carbocycles. The molecule has 1 heterocycles. The van der Waals surface area contributed by atoms with Crippen LogP contribution in [0.25, 0.3) is 0 Å². The molecule has 1 aromatic carbocycles. The van der Waals surface area contributed by atoms with Gasteiger partial charge in [0.2, 0.25) is 0 Å². The first-order valence-electron chi connectivity index (χ1n) is 6.56. The van der Waals surface area contributed by atoms with E-state index >= 15 is 0 Å². The molecule has 1 amide bonds. The summed E-state index contributed by atoms with van der Waals surface area (Å²) in [4.78, 5) is 23.0. The minimum atomic E-state index is -0.535. The quantitative estimate of drug-likeness (QED) is 0.677. The third-order valence-corrected chi connectivity index (χ3v) is 2.58. The molecule has 0 spiro atoms. The van der Waals surface area contributed by atoms with Gasteiger partial charge in [0.1, 0.15) is 13.2 Å². The topological polar surface area (TPSA) is 73.9 Å². The molecule has 1 aliphatic heterocycles. The first-order valence-corrected chi connectivity index (χ1v) is 6.56. The average Bonchev–Trinajstić information content (AvgIpc) is 2.44. The van der Waals surface area contributed by atoms with Crippen molar-refractivity contribution in [3.63, 3.8) is 0 Å². The second kappa shape index (κ2) is 6.78. The van der Waals surface area contributed by atoms with Crippen LogP contribution in [0.1, 0.15) is 13.8 Å². The van der Waals surface area contributed by atoms with Crippen LogP contribution in [0, 0.1) is 0 Å². The fourth-order valence-electron chi connectivity index (χ4n) is 1.73. The van der Waals surface area contributed by atoms with E-state index in [1.165, 1.54) is 6.08 Å². The number of hydrogen-bond acceptors (Lipinski definition) is 5. The Balaban J connectivity index is 1.88. The normalized spacial score (nSPS) is 12.3. The van der Waals surface area contributed by atoms with Crippen molar-refractivity contribution in [3.8, 4) is 11.5 Å². The third-order valence-electron chi connectivity index (χ3n) is 2.58. The van der Waals surface area contributed by atoms with Gasteiger partial charge >= 0.3 is 5.97 Å². The second-order valence-electron chi connectivity index (χ2n) is 4.74. The van der Waals surface area contributed by atoms with Gasteiger partial charge in [-0.2, -0.15) is 0 Å². The molecule has 2 rings (SSSR count). The number of amides is 1. The molecule has 0 unspecified atom stereocenters. The van der Waals surface area contributed by atoms with Crippen LogP contribution >= 0.6 is 0 Å². The minimum absolute atomic E-state index is 0.336. The lowest BCUT2D eigenvalue weighted by Crippen LogP contribution is -2.20. The smallest absolute Gasteiger partial charge is 0.331 e. The van der Waals surface area contributed by atoms with Crippen LogP contribution in [0.2, 0.25) is 0 Å². The van der Waals surface area contributed by atoms with Gasteiger partial charge in [-0.15, -0.1) is 0 Å². The summed E-state index contributed by atoms with van der Waals surface area (Å²) in [5, 5.41) is 2.63. The van der Waals surface area contributed by atoms with Gasteiger partial charge < -0.3 is 19.5 Å². The van der Waals surface area contributed by atoms with Crippen molar-refractivity contribution < 1.29 is 23.8 Å². The summed E-state index contributed by atoms with van der Waals surface area (Å²) in [7, 11) is 0. The highest BCUT2D eigenvalue weighted by molar-refractivity contribution is 5.94. The molecule has 1 aliphatic rings. The molecule has 0 saturated heterocycles. The monoisotopic (exact) mass is 291 g/mol. The number of anilines is 1. The maximum atomic E-state index is 11.7. The van der Waals surface area contributed by atoms with Crippen LogP contribution in [-0.4, -0.2) is 31.7 Å². The molecule has 6 nitrogen and oxygen atoms in total. The highest BCUT2D eigenvalue weighted by atomic mass is 16.6. The summed E-state index contributed by atoms with van der Waals surface area (Å²) >= 11 is 0. The van der Waals surface area contributed by atoms with Gasteiger partial charge in [-0.05, 0) is 26.0 Å². The Bertz CT molecular complexity index is 575. The molecule has 1 N–H and O–H groups in total. The van der Waals surface area contributed by atoms with E-state index in [-0.39, 0.29) is 6.61 Å². The molecule has 1 aromatic rings. The molecule has 112 valence electrons. The lowest BCUT2D eigenvalue weighted by molar-refractivity contribution is -0.142. The number of ether oxygens (including phenoxy) is 3. The standard InChI is InChI=1S/C15H17NO5/c1-10(2)7-15(18)21-9-14(17)16-11-3-4-12-13(8-11)20-6-5-19-12/h3-4,7-8H,5-6,9H2,1-2H3,(H,16,17). The van der Waals surface area contributed by atoms with E-state index in [1.807, 2.05) is 0 Å². The van der Waals surface area contributed by atoms with Crippen molar-refractivity contribution in [1.29, 1.82) is 0 Å². The summed E-state index contributed by atoms with van der Waals surface area (Å²) in [6.07, 6.45) is 1.33. The van der Waals surface area contributed by atoms with E-state index in [9.17, 15) is 9.59 Å². The fourth-order valence-corrected chi connectivity index (χ4v) is 1.73. The van der Waals surface area contributed by atoms with Gasteiger partial charge in [-0.1, -0.05) is 5.57 Å². The van der Waals surface area contributed by atoms with Crippen LogP contribution in [0.4, 0.5) is 5.69 Å². The number of rotatable bonds is 4. The first-order chi connectivity index (χ1) is 10.0. The second-order valence-corrected chi connectivity index (χ2v) is 4.74. The van der Waals surface area contributed by atoms with Crippen LogP contribution in [0.5, 0.6) is 11.5 Å². The van der Waals surface area contributed by atoms with Crippen molar-refractivity contribution >= 4 is 17.6 Å². The number of allylic oxidation sites excluding steroid dienone is 1. The maximum Gasteiger partial charge on any atom is 0.331 e. The largest absolute Gasteiger partial charge is 0.486 e. The third kappa shape index (κ3) is 4.52. The highest BCUT2D eigenvalue weighted by Gasteiger charge is 2.13. The van der Waals surface area contributed by atoms with Gasteiger partial charge in [0.15, 0.2) is 18.1 Å². The molecular weight excluding hydrogens is 274 g/mol. The Morgan fingerprint density at radius 1 is 1.24 bits per heavy atom. The van der Waals surface area contributed by atoms with E-state index in [0.29, 0.717) is 30.4 Å². The molecule has 0 aromatic heterocycles. The van der Waals surface area contributed by atoms with Crippen molar-refractivity contribution in [3.05, 3.63) is 29.8 Å². The summed E-state index contributed by atoms with van der Waals surface area (Å²) < 4.78 is 15.6. The Morgan fingerprint density at radius 3 is 2.67 bits per heavy atom. The lowest BCUT2D eigenvalue weighted by atomic mass is 10.2. The number of esters is 1. The summed E-state index contributed by atoms with van der Waals surface area (Å²) in [5.41, 5.74) is 1.37. The van der Waals surface area contributed by atoms with Gasteiger partial charge in [0, 0.05) is 17.8 Å². The molecule has 0 radical (unpaired) electrons. The summed E-state index contributed by atoms with van der Waals surface area (Å²) in [5.74, 6) is 0.282. The van der Waals surface area contributed by atoms with E-state index in [0.717, 1.165) is 5.57 Å². The molecule has 21 heavy (non-hydrogen) atoms. The van der Waals surface area contributed by atoms with Crippen molar-refractivity contribution in [1.82, 2.24) is 0 Å². The van der Waals surface area contributed by atoms with Crippen molar-refractivity contribution in [2.24, 2.45) is 0 Å². The SMILES string of the molecule is CC(C)=CC(=O)OCC(=O)Nc1ccc2c(c1)OCCO2. The van der Waals surface area contributed by atoms with Gasteiger partial charge in [-0.3, -0.25) is 4.79 Å². The molecule has 6 heteroatoms. The Kier molecular flexibility index (Phi) is 4.81. The summed E-state index contributed by atoms with van der Waals surface area (Å²) in [6, 6.07) is 5.09. The molecule has 0 bridgehead atoms. The molecule has 0 saturated carbocycles. The fraction of sp³-hybridized carbons (Fsp3) is 0.333. The molecule has 0 fully saturated rings. The number of hydrogen-bond donors (Lipinski definition) is 1. The number of carbonyl (C=O) groups is 2. The highest BCUT2D eigenvalue weighted by Crippen LogP contribution is 2.32. The van der Waals surface area contributed by atoms with E-state index < -0.39 is 11.9 Å². The van der Waals surface area contributed by atoms with Gasteiger partial charge in [-0.25, -0.2) is 4.79 Å². The van der Waals surface area contributed by atoms with E-state index in [1.54, 1.807) is 32.0 Å². The van der Waals surface area contributed by atoms with Gasteiger partial charge in [0.05, 0.1) is 0 Å². The number of carbonyl (C=O) groups excluding carboxylic acids is 2. The van der Waals surface area contributed by atoms with Gasteiger partial charge in [0.25, 0.3) is 5.91 Å². The predicted molar refractivity (Wildman–Crippen MR) is 76.5 cm³/mol.